The summed E-state index contributed by atoms with van der Waals surface area (Å²) in [6.07, 6.45) is 1.24. The molecule has 3 heteroatoms. The first-order valence-electron chi connectivity index (χ1n) is 5.19. The minimum Gasteiger partial charge on any atom is -0.315 e. The molecular weight excluding hydrogens is 162 g/mol. The van der Waals surface area contributed by atoms with Crippen LogP contribution in [-0.2, 0) is 0 Å². The number of hydrogen-bond donors (Lipinski definition) is 2. The Morgan fingerprint density at radius 2 is 2.23 bits per heavy atom. The predicted molar refractivity (Wildman–Crippen MR) is 57.0 cm³/mol. The first kappa shape index (κ1) is 11.0. The quantitative estimate of drug-likeness (QED) is 0.659. The van der Waals surface area contributed by atoms with Gasteiger partial charge in [-0.1, -0.05) is 0 Å². The zero-order valence-corrected chi connectivity index (χ0v) is 9.35. The third-order valence-corrected chi connectivity index (χ3v) is 3.21. The largest absolute Gasteiger partial charge is 0.315 e. The van der Waals surface area contributed by atoms with E-state index in [9.17, 15) is 0 Å². The van der Waals surface area contributed by atoms with Crippen molar-refractivity contribution in [2.75, 3.05) is 33.7 Å². The lowest BCUT2D eigenvalue weighted by molar-refractivity contribution is 0.195. The summed E-state index contributed by atoms with van der Waals surface area (Å²) >= 11 is 0. The summed E-state index contributed by atoms with van der Waals surface area (Å²) in [4.78, 5) is 2.41. The predicted octanol–water partition coefficient (Wildman–Crippen LogP) is 0.278. The lowest BCUT2D eigenvalue weighted by Gasteiger charge is -2.34. The van der Waals surface area contributed by atoms with E-state index in [1.807, 2.05) is 0 Å². The first-order chi connectivity index (χ1) is 6.09. The number of rotatable bonds is 4. The van der Waals surface area contributed by atoms with E-state index in [-0.39, 0.29) is 0 Å². The summed E-state index contributed by atoms with van der Waals surface area (Å²) in [7, 11) is 4.27. The second-order valence-corrected chi connectivity index (χ2v) is 4.47. The molecular formula is C10H23N3. The molecule has 0 amide bonds. The number of nitrogens with zero attached hydrogens (tertiary/aromatic N) is 1. The SMILES string of the molecule is CNC1(CN(C)C(C)C)CCNC1. The highest BCUT2D eigenvalue weighted by molar-refractivity contribution is 4.97. The fourth-order valence-corrected chi connectivity index (χ4v) is 1.83. The van der Waals surface area contributed by atoms with Gasteiger partial charge in [0.2, 0.25) is 0 Å². The van der Waals surface area contributed by atoms with E-state index in [0.717, 1.165) is 19.6 Å². The molecule has 1 saturated heterocycles. The average Bonchev–Trinajstić information content (AvgIpc) is 2.54. The van der Waals surface area contributed by atoms with Gasteiger partial charge in [0.15, 0.2) is 0 Å². The molecule has 0 bridgehead atoms. The zero-order valence-electron chi connectivity index (χ0n) is 9.35. The molecule has 0 spiro atoms. The Hall–Kier alpha value is -0.120. The highest BCUT2D eigenvalue weighted by Crippen LogP contribution is 2.16. The minimum absolute atomic E-state index is 0.305. The second kappa shape index (κ2) is 4.40. The van der Waals surface area contributed by atoms with Crippen molar-refractivity contribution in [3.8, 4) is 0 Å². The molecule has 13 heavy (non-hydrogen) atoms. The van der Waals surface area contributed by atoms with Crippen LogP contribution in [0.2, 0.25) is 0 Å². The van der Waals surface area contributed by atoms with Gasteiger partial charge in [0.05, 0.1) is 0 Å². The minimum atomic E-state index is 0.305. The third-order valence-electron chi connectivity index (χ3n) is 3.21. The first-order valence-corrected chi connectivity index (χ1v) is 5.19. The van der Waals surface area contributed by atoms with E-state index in [0.29, 0.717) is 11.6 Å². The van der Waals surface area contributed by atoms with Gasteiger partial charge in [-0.3, -0.25) is 0 Å². The van der Waals surface area contributed by atoms with Gasteiger partial charge >= 0.3 is 0 Å². The van der Waals surface area contributed by atoms with Crippen LogP contribution in [0.3, 0.4) is 0 Å². The summed E-state index contributed by atoms with van der Waals surface area (Å²) in [6, 6.07) is 0.630. The van der Waals surface area contributed by atoms with Crippen LogP contribution in [0.5, 0.6) is 0 Å². The average molecular weight is 185 g/mol. The molecule has 2 N–H and O–H groups in total. The summed E-state index contributed by atoms with van der Waals surface area (Å²) < 4.78 is 0. The van der Waals surface area contributed by atoms with E-state index in [1.165, 1.54) is 6.42 Å². The van der Waals surface area contributed by atoms with Crippen LogP contribution in [-0.4, -0.2) is 50.2 Å². The highest BCUT2D eigenvalue weighted by atomic mass is 15.2. The maximum atomic E-state index is 3.46. The molecule has 1 heterocycles. The Kier molecular flexibility index (Phi) is 3.71. The van der Waals surface area contributed by atoms with Gasteiger partial charge in [0.1, 0.15) is 0 Å². The molecule has 1 aliphatic rings. The van der Waals surface area contributed by atoms with E-state index >= 15 is 0 Å². The van der Waals surface area contributed by atoms with Crippen LogP contribution in [0.25, 0.3) is 0 Å². The molecule has 0 aromatic heterocycles. The number of hydrogen-bond acceptors (Lipinski definition) is 3. The molecule has 0 aromatic rings. The molecule has 3 nitrogen and oxygen atoms in total. The molecule has 0 aromatic carbocycles. The lowest BCUT2D eigenvalue weighted by atomic mass is 9.98. The van der Waals surface area contributed by atoms with Crippen molar-refractivity contribution in [2.24, 2.45) is 0 Å². The van der Waals surface area contributed by atoms with Gasteiger partial charge in [-0.15, -0.1) is 0 Å². The smallest absolute Gasteiger partial charge is 0.0444 e. The Bertz CT molecular complexity index is 150. The topological polar surface area (TPSA) is 27.3 Å². The van der Waals surface area contributed by atoms with Gasteiger partial charge < -0.3 is 15.5 Å². The summed E-state index contributed by atoms with van der Waals surface area (Å²) in [6.45, 7) is 7.86. The standard InChI is InChI=1S/C10H23N3/c1-9(2)13(4)8-10(11-3)5-6-12-7-10/h9,11-12H,5-8H2,1-4H3. The second-order valence-electron chi connectivity index (χ2n) is 4.47. The summed E-state index contributed by atoms with van der Waals surface area (Å²) in [5.74, 6) is 0. The van der Waals surface area contributed by atoms with Crippen molar-refractivity contribution in [3.63, 3.8) is 0 Å². The number of likely N-dealkylation sites (N-methyl/N-ethyl adjacent to an activating group) is 2. The Balaban J connectivity index is 2.48. The van der Waals surface area contributed by atoms with Crippen LogP contribution in [0.4, 0.5) is 0 Å². The van der Waals surface area contributed by atoms with Crippen molar-refractivity contribution in [2.45, 2.75) is 31.8 Å². The van der Waals surface area contributed by atoms with Gasteiger partial charge in [-0.2, -0.15) is 0 Å². The van der Waals surface area contributed by atoms with Gasteiger partial charge in [-0.25, -0.2) is 0 Å². The van der Waals surface area contributed by atoms with Crippen molar-refractivity contribution in [1.82, 2.24) is 15.5 Å². The maximum absolute atomic E-state index is 3.46. The van der Waals surface area contributed by atoms with Crippen molar-refractivity contribution in [1.29, 1.82) is 0 Å². The van der Waals surface area contributed by atoms with Crippen molar-refractivity contribution >= 4 is 0 Å². The Labute approximate surface area is 81.9 Å². The molecule has 1 unspecified atom stereocenters. The molecule has 1 aliphatic heterocycles. The van der Waals surface area contributed by atoms with Crippen molar-refractivity contribution < 1.29 is 0 Å². The van der Waals surface area contributed by atoms with Gasteiger partial charge in [0.25, 0.3) is 0 Å². The fourth-order valence-electron chi connectivity index (χ4n) is 1.83. The van der Waals surface area contributed by atoms with Crippen LogP contribution >= 0.6 is 0 Å². The molecule has 78 valence electrons. The van der Waals surface area contributed by atoms with Crippen LogP contribution in [0.15, 0.2) is 0 Å². The highest BCUT2D eigenvalue weighted by Gasteiger charge is 2.33. The van der Waals surface area contributed by atoms with E-state index in [2.05, 4.69) is 43.5 Å². The van der Waals surface area contributed by atoms with E-state index < -0.39 is 0 Å². The van der Waals surface area contributed by atoms with Crippen LogP contribution in [0, 0.1) is 0 Å². The van der Waals surface area contributed by atoms with Crippen LogP contribution < -0.4 is 10.6 Å². The van der Waals surface area contributed by atoms with E-state index in [1.54, 1.807) is 0 Å². The monoisotopic (exact) mass is 185 g/mol. The van der Waals surface area contributed by atoms with Crippen LogP contribution in [0.1, 0.15) is 20.3 Å². The Morgan fingerprint density at radius 3 is 2.62 bits per heavy atom. The normalized spacial score (nSPS) is 29.1. The summed E-state index contributed by atoms with van der Waals surface area (Å²) in [5.41, 5.74) is 0.305. The van der Waals surface area contributed by atoms with Crippen molar-refractivity contribution in [3.05, 3.63) is 0 Å². The maximum Gasteiger partial charge on any atom is 0.0444 e. The van der Waals surface area contributed by atoms with Gasteiger partial charge in [-0.05, 0) is 40.9 Å². The number of nitrogens with one attached hydrogen (secondary N) is 2. The van der Waals surface area contributed by atoms with Gasteiger partial charge in [0, 0.05) is 24.7 Å². The molecule has 1 fully saturated rings. The molecule has 1 atom stereocenters. The molecule has 1 rings (SSSR count). The fraction of sp³-hybridized carbons (Fsp3) is 1.00. The van der Waals surface area contributed by atoms with E-state index in [4.69, 9.17) is 0 Å². The zero-order chi connectivity index (χ0) is 9.90. The summed E-state index contributed by atoms with van der Waals surface area (Å²) in [5, 5.41) is 6.88. The Morgan fingerprint density at radius 1 is 1.54 bits per heavy atom. The molecule has 0 radical (unpaired) electrons. The third kappa shape index (κ3) is 2.66. The lowest BCUT2D eigenvalue weighted by Crippen LogP contribution is -2.54. The molecule has 0 saturated carbocycles. The molecule has 0 aliphatic carbocycles.